The normalized spacial score (nSPS) is 12.6. The Kier molecular flexibility index (Phi) is 3.79. The molecule has 0 atom stereocenters. The van der Waals surface area contributed by atoms with E-state index < -0.39 is 0 Å². The van der Waals surface area contributed by atoms with E-state index in [-0.39, 0.29) is 0 Å². The summed E-state index contributed by atoms with van der Waals surface area (Å²) in [5, 5.41) is 10.6. The van der Waals surface area contributed by atoms with Gasteiger partial charge in [-0.1, -0.05) is 84.9 Å². The molecule has 10 aromatic rings. The molecule has 0 aliphatic heterocycles. The molecule has 4 aromatic heterocycles. The summed E-state index contributed by atoms with van der Waals surface area (Å²) in [6.45, 7) is 0. The SMILES string of the molecule is Cn1c2cccc3c4ccccc4n4c5ccccc5c5cc(-c6cccc7c6sc6ccccc67)c1c(c32)c54. The molecule has 0 aliphatic rings. The van der Waals surface area contributed by atoms with Gasteiger partial charge in [0.15, 0.2) is 0 Å². The molecule has 40 heavy (non-hydrogen) atoms. The summed E-state index contributed by atoms with van der Waals surface area (Å²) in [5.41, 5.74) is 9.01. The van der Waals surface area contributed by atoms with Crippen LogP contribution in [0.15, 0.2) is 115 Å². The Hall–Kier alpha value is -4.86. The maximum absolute atomic E-state index is 2.52. The van der Waals surface area contributed by atoms with Crippen molar-refractivity contribution < 1.29 is 0 Å². The average molecular weight is 527 g/mol. The monoisotopic (exact) mass is 526 g/mol. The van der Waals surface area contributed by atoms with Crippen LogP contribution in [0.3, 0.4) is 0 Å². The highest BCUT2D eigenvalue weighted by atomic mass is 32.1. The Balaban J connectivity index is 1.56. The fraction of sp³-hybridized carbons (Fsp3) is 0.0270. The molecule has 0 aliphatic carbocycles. The van der Waals surface area contributed by atoms with Gasteiger partial charge in [0, 0.05) is 70.8 Å². The smallest absolute Gasteiger partial charge is 0.0642 e. The first-order valence-electron chi connectivity index (χ1n) is 13.8. The summed E-state index contributed by atoms with van der Waals surface area (Å²) in [5.74, 6) is 0. The Morgan fingerprint density at radius 2 is 1.10 bits per heavy atom. The van der Waals surface area contributed by atoms with Gasteiger partial charge < -0.3 is 8.97 Å². The highest BCUT2D eigenvalue weighted by molar-refractivity contribution is 7.26. The molecule has 3 heteroatoms. The van der Waals surface area contributed by atoms with Crippen molar-refractivity contribution in [3.8, 4) is 11.1 Å². The predicted molar refractivity (Wildman–Crippen MR) is 173 cm³/mol. The van der Waals surface area contributed by atoms with Gasteiger partial charge in [-0.2, -0.15) is 0 Å². The lowest BCUT2D eigenvalue weighted by Gasteiger charge is -2.11. The second-order valence-corrected chi connectivity index (χ2v) is 12.0. The van der Waals surface area contributed by atoms with Crippen molar-refractivity contribution in [2.75, 3.05) is 0 Å². The third-order valence-electron chi connectivity index (χ3n) is 9.05. The molecule has 0 saturated heterocycles. The molecular formula is C37H22N2S. The molecule has 0 spiro atoms. The van der Waals surface area contributed by atoms with E-state index in [1.807, 2.05) is 11.3 Å². The molecule has 0 amide bonds. The van der Waals surface area contributed by atoms with E-state index in [4.69, 9.17) is 0 Å². The summed E-state index contributed by atoms with van der Waals surface area (Å²) in [6.07, 6.45) is 0. The lowest BCUT2D eigenvalue weighted by molar-refractivity contribution is 1.02. The van der Waals surface area contributed by atoms with E-state index in [0.717, 1.165) is 0 Å². The largest absolute Gasteiger partial charge is 0.343 e. The van der Waals surface area contributed by atoms with Gasteiger partial charge >= 0.3 is 0 Å². The van der Waals surface area contributed by atoms with Gasteiger partial charge in [0.2, 0.25) is 0 Å². The number of nitrogens with zero attached hydrogens (tertiary/aromatic N) is 2. The molecule has 0 saturated carbocycles. The summed E-state index contributed by atoms with van der Waals surface area (Å²) >= 11 is 1.91. The molecule has 0 fully saturated rings. The standard InChI is InChI=1S/C37H22N2S/c1-38-31-18-9-13-24-21-10-2-5-16-29(21)39-30-17-6-3-11-22(30)27-20-28(35(38)34(33(24)31)36(27)39)26-15-8-14-25-23-12-4-7-19-32(23)40-37(25)26/h2-20H,1H3. The van der Waals surface area contributed by atoms with Gasteiger partial charge in [-0.3, -0.25) is 0 Å². The minimum Gasteiger partial charge on any atom is -0.343 e. The van der Waals surface area contributed by atoms with Gasteiger partial charge in [0.25, 0.3) is 0 Å². The number of para-hydroxylation sites is 2. The first kappa shape index (κ1) is 21.0. The van der Waals surface area contributed by atoms with Gasteiger partial charge in [-0.05, 0) is 35.7 Å². The predicted octanol–water partition coefficient (Wildman–Crippen LogP) is 10.5. The number of fused-ring (bicyclic) bond motifs is 9. The van der Waals surface area contributed by atoms with Crippen LogP contribution < -0.4 is 0 Å². The van der Waals surface area contributed by atoms with Crippen LogP contribution in [0.4, 0.5) is 0 Å². The summed E-state index contributed by atoms with van der Waals surface area (Å²) in [6, 6.07) is 42.8. The summed E-state index contributed by atoms with van der Waals surface area (Å²) in [4.78, 5) is 0. The number of aryl methyl sites for hydroxylation is 1. The van der Waals surface area contributed by atoms with Crippen molar-refractivity contribution in [1.82, 2.24) is 8.97 Å². The molecular weight excluding hydrogens is 504 g/mol. The maximum atomic E-state index is 2.52. The van der Waals surface area contributed by atoms with E-state index in [0.29, 0.717) is 0 Å². The van der Waals surface area contributed by atoms with Gasteiger partial charge in [0.05, 0.1) is 22.1 Å². The molecule has 2 nitrogen and oxygen atoms in total. The summed E-state index contributed by atoms with van der Waals surface area (Å²) in [7, 11) is 2.25. The van der Waals surface area contributed by atoms with Crippen LogP contribution in [0.1, 0.15) is 0 Å². The fourth-order valence-electron chi connectivity index (χ4n) is 7.44. The molecule has 0 bridgehead atoms. The zero-order chi connectivity index (χ0) is 26.1. The highest BCUT2D eigenvalue weighted by Crippen LogP contribution is 2.49. The second kappa shape index (κ2) is 7.20. The minimum atomic E-state index is 1.25. The van der Waals surface area contributed by atoms with Crippen LogP contribution >= 0.6 is 11.3 Å². The fourth-order valence-corrected chi connectivity index (χ4v) is 8.67. The van der Waals surface area contributed by atoms with Gasteiger partial charge in [-0.15, -0.1) is 11.3 Å². The topological polar surface area (TPSA) is 9.34 Å². The lowest BCUT2D eigenvalue weighted by atomic mass is 9.96. The van der Waals surface area contributed by atoms with Crippen molar-refractivity contribution >= 4 is 91.4 Å². The molecule has 0 N–H and O–H groups in total. The molecule has 0 radical (unpaired) electrons. The van der Waals surface area contributed by atoms with Crippen molar-refractivity contribution in [2.45, 2.75) is 0 Å². The molecule has 0 unspecified atom stereocenters. The Bertz CT molecular complexity index is 2660. The van der Waals surface area contributed by atoms with Crippen molar-refractivity contribution in [2.24, 2.45) is 7.05 Å². The molecule has 10 rings (SSSR count). The number of hydrogen-bond donors (Lipinski definition) is 0. The molecule has 186 valence electrons. The van der Waals surface area contributed by atoms with E-state index in [1.165, 1.54) is 91.2 Å². The average Bonchev–Trinajstić information content (AvgIpc) is 3.62. The lowest BCUT2D eigenvalue weighted by Crippen LogP contribution is -1.92. The van der Waals surface area contributed by atoms with Crippen molar-refractivity contribution in [3.63, 3.8) is 0 Å². The van der Waals surface area contributed by atoms with Crippen molar-refractivity contribution in [3.05, 3.63) is 115 Å². The Morgan fingerprint density at radius 3 is 1.93 bits per heavy atom. The number of aromatic nitrogens is 2. The molecule has 4 heterocycles. The zero-order valence-electron chi connectivity index (χ0n) is 21.8. The number of rotatable bonds is 1. The number of benzene rings is 6. The quantitative estimate of drug-likeness (QED) is 0.201. The minimum absolute atomic E-state index is 1.25. The van der Waals surface area contributed by atoms with Crippen LogP contribution in [0.25, 0.3) is 91.2 Å². The van der Waals surface area contributed by atoms with E-state index in [9.17, 15) is 0 Å². The third-order valence-corrected chi connectivity index (χ3v) is 10.3. The zero-order valence-corrected chi connectivity index (χ0v) is 22.6. The Labute approximate surface area is 233 Å². The van der Waals surface area contributed by atoms with Crippen LogP contribution in [0.2, 0.25) is 0 Å². The number of hydrogen-bond acceptors (Lipinski definition) is 1. The summed E-state index contributed by atoms with van der Waals surface area (Å²) < 4.78 is 7.65. The van der Waals surface area contributed by atoms with E-state index >= 15 is 0 Å². The first-order chi connectivity index (χ1) is 19.8. The van der Waals surface area contributed by atoms with Crippen LogP contribution in [-0.2, 0) is 7.05 Å². The van der Waals surface area contributed by atoms with Gasteiger partial charge in [0.1, 0.15) is 0 Å². The van der Waals surface area contributed by atoms with E-state index in [1.54, 1.807) is 0 Å². The van der Waals surface area contributed by atoms with E-state index in [2.05, 4.69) is 131 Å². The van der Waals surface area contributed by atoms with Crippen LogP contribution in [0.5, 0.6) is 0 Å². The first-order valence-corrected chi connectivity index (χ1v) is 14.6. The second-order valence-electron chi connectivity index (χ2n) is 11.0. The third kappa shape index (κ3) is 2.37. The van der Waals surface area contributed by atoms with Crippen LogP contribution in [-0.4, -0.2) is 8.97 Å². The number of thiophene rings is 1. The maximum Gasteiger partial charge on any atom is 0.0642 e. The molecule has 6 aromatic carbocycles. The van der Waals surface area contributed by atoms with Gasteiger partial charge in [-0.25, -0.2) is 0 Å². The van der Waals surface area contributed by atoms with Crippen LogP contribution in [0, 0.1) is 0 Å². The Morgan fingerprint density at radius 1 is 0.475 bits per heavy atom. The highest BCUT2D eigenvalue weighted by Gasteiger charge is 2.25. The van der Waals surface area contributed by atoms with Crippen molar-refractivity contribution in [1.29, 1.82) is 0 Å².